The SMILES string of the molecule is CC(=O)N/C=C/SC1=C(C(=O)OC2OC(=O)c3ccccc32)N2C(=O)[C@H]([C@H](C)OS(C)(=O)=O)[C@H]2C1. The third-order valence-corrected chi connectivity index (χ3v) is 7.19. The Balaban J connectivity index is 1.57. The van der Waals surface area contributed by atoms with Gasteiger partial charge in [-0.1, -0.05) is 30.0 Å². The largest absolute Gasteiger partial charge is 0.417 e. The smallest absolute Gasteiger partial charge is 0.359 e. The fraction of sp³-hybridized carbons (Fsp3) is 0.364. The second kappa shape index (κ2) is 9.47. The van der Waals surface area contributed by atoms with Crippen LogP contribution < -0.4 is 5.32 Å². The Hall–Kier alpha value is -3.16. The topological polar surface area (TPSA) is 145 Å². The van der Waals surface area contributed by atoms with E-state index in [-0.39, 0.29) is 23.6 Å². The van der Waals surface area contributed by atoms with E-state index in [1.54, 1.807) is 24.3 Å². The van der Waals surface area contributed by atoms with E-state index >= 15 is 0 Å². The van der Waals surface area contributed by atoms with Crippen molar-refractivity contribution in [3.8, 4) is 0 Å². The van der Waals surface area contributed by atoms with Crippen LogP contribution >= 0.6 is 11.8 Å². The van der Waals surface area contributed by atoms with E-state index < -0.39 is 52.3 Å². The summed E-state index contributed by atoms with van der Waals surface area (Å²) >= 11 is 1.11. The molecule has 0 aromatic heterocycles. The van der Waals surface area contributed by atoms with Gasteiger partial charge in [0.2, 0.25) is 11.8 Å². The van der Waals surface area contributed by atoms with Crippen LogP contribution in [0.25, 0.3) is 0 Å². The summed E-state index contributed by atoms with van der Waals surface area (Å²) < 4.78 is 38.8. The summed E-state index contributed by atoms with van der Waals surface area (Å²) in [6.45, 7) is 2.82. The van der Waals surface area contributed by atoms with Crippen molar-refractivity contribution in [1.82, 2.24) is 10.2 Å². The Morgan fingerprint density at radius 3 is 2.69 bits per heavy atom. The summed E-state index contributed by atoms with van der Waals surface area (Å²) in [6, 6.07) is 5.97. The van der Waals surface area contributed by atoms with Crippen molar-refractivity contribution < 1.29 is 41.3 Å². The first-order valence-electron chi connectivity index (χ1n) is 10.5. The molecule has 0 bridgehead atoms. The number of hydrogen-bond donors (Lipinski definition) is 1. The molecule has 1 fully saturated rings. The maximum Gasteiger partial charge on any atom is 0.359 e. The number of fused-ring (bicyclic) bond motifs is 2. The molecule has 0 spiro atoms. The lowest BCUT2D eigenvalue weighted by Crippen LogP contribution is -2.62. The van der Waals surface area contributed by atoms with E-state index in [1.807, 2.05) is 0 Å². The van der Waals surface area contributed by atoms with Crippen LogP contribution in [0.5, 0.6) is 0 Å². The molecule has 1 N–H and O–H groups in total. The number of β-lactam (4-membered cyclic amide) rings is 1. The highest BCUT2D eigenvalue weighted by Crippen LogP contribution is 2.48. The second-order valence-electron chi connectivity index (χ2n) is 8.13. The predicted molar refractivity (Wildman–Crippen MR) is 122 cm³/mol. The van der Waals surface area contributed by atoms with Gasteiger partial charge in [0.1, 0.15) is 5.70 Å². The van der Waals surface area contributed by atoms with Gasteiger partial charge in [0.05, 0.1) is 29.9 Å². The molecule has 0 aliphatic carbocycles. The van der Waals surface area contributed by atoms with Crippen LogP contribution in [0, 0.1) is 5.92 Å². The van der Waals surface area contributed by atoms with Crippen LogP contribution in [-0.4, -0.2) is 55.5 Å². The molecule has 1 unspecified atom stereocenters. The minimum absolute atomic E-state index is 0.0271. The monoisotopic (exact) mass is 522 g/mol. The van der Waals surface area contributed by atoms with E-state index in [1.165, 1.54) is 30.4 Å². The summed E-state index contributed by atoms with van der Waals surface area (Å²) in [6.07, 6.45) is 0.336. The fourth-order valence-corrected chi connectivity index (χ4v) is 5.80. The number of nitrogens with one attached hydrogen (secondary N) is 1. The van der Waals surface area contributed by atoms with Crippen LogP contribution in [0.4, 0.5) is 0 Å². The summed E-state index contributed by atoms with van der Waals surface area (Å²) in [7, 11) is -3.80. The first-order valence-corrected chi connectivity index (χ1v) is 13.2. The molecule has 0 radical (unpaired) electrons. The van der Waals surface area contributed by atoms with E-state index in [0.29, 0.717) is 10.5 Å². The van der Waals surface area contributed by atoms with Gasteiger partial charge in [0.25, 0.3) is 16.4 Å². The highest BCUT2D eigenvalue weighted by Gasteiger charge is 2.58. The third-order valence-electron chi connectivity index (χ3n) is 5.62. The molecule has 2 amide bonds. The molecule has 186 valence electrons. The average Bonchev–Trinajstić information content (AvgIpc) is 3.25. The molecule has 11 nitrogen and oxygen atoms in total. The van der Waals surface area contributed by atoms with E-state index in [2.05, 4.69) is 5.32 Å². The Kier molecular flexibility index (Phi) is 6.75. The van der Waals surface area contributed by atoms with Gasteiger partial charge in [-0.2, -0.15) is 8.42 Å². The van der Waals surface area contributed by atoms with E-state index in [4.69, 9.17) is 13.7 Å². The molecule has 1 saturated heterocycles. The second-order valence-corrected chi connectivity index (χ2v) is 10.7. The molecule has 3 aliphatic rings. The Labute approximate surface area is 205 Å². The molecule has 3 heterocycles. The summed E-state index contributed by atoms with van der Waals surface area (Å²) in [5, 5.41) is 4.02. The van der Waals surface area contributed by atoms with Crippen molar-refractivity contribution in [2.45, 2.75) is 38.7 Å². The Morgan fingerprint density at radius 2 is 2.00 bits per heavy atom. The maximum absolute atomic E-state index is 13.2. The van der Waals surface area contributed by atoms with Gasteiger partial charge >= 0.3 is 11.9 Å². The molecular formula is C22H22N2O9S2. The summed E-state index contributed by atoms with van der Waals surface area (Å²) in [5.74, 6) is -3.05. The van der Waals surface area contributed by atoms with Crippen molar-refractivity contribution in [3.63, 3.8) is 0 Å². The molecule has 4 rings (SSSR count). The van der Waals surface area contributed by atoms with Crippen molar-refractivity contribution in [1.29, 1.82) is 0 Å². The number of thioether (sulfide) groups is 1. The van der Waals surface area contributed by atoms with Crippen molar-refractivity contribution >= 4 is 45.6 Å². The Bertz CT molecular complexity index is 1270. The number of carbonyl (C=O) groups is 4. The van der Waals surface area contributed by atoms with E-state index in [0.717, 1.165) is 18.0 Å². The average molecular weight is 523 g/mol. The van der Waals surface area contributed by atoms with Gasteiger partial charge in [-0.3, -0.25) is 13.8 Å². The Morgan fingerprint density at radius 1 is 1.29 bits per heavy atom. The van der Waals surface area contributed by atoms with Crippen LogP contribution in [0.1, 0.15) is 42.5 Å². The number of ether oxygens (including phenoxy) is 2. The van der Waals surface area contributed by atoms with Crippen molar-refractivity contribution in [2.24, 2.45) is 5.92 Å². The number of esters is 2. The fourth-order valence-electron chi connectivity index (χ4n) is 4.27. The minimum atomic E-state index is -3.80. The van der Waals surface area contributed by atoms with E-state index in [9.17, 15) is 27.6 Å². The van der Waals surface area contributed by atoms with Gasteiger partial charge in [0, 0.05) is 30.0 Å². The van der Waals surface area contributed by atoms with Gasteiger partial charge in [-0.25, -0.2) is 9.59 Å². The zero-order valence-electron chi connectivity index (χ0n) is 18.9. The highest BCUT2D eigenvalue weighted by atomic mass is 32.2. The lowest BCUT2D eigenvalue weighted by atomic mass is 9.83. The minimum Gasteiger partial charge on any atom is -0.417 e. The lowest BCUT2D eigenvalue weighted by Gasteiger charge is -2.45. The number of benzene rings is 1. The number of amides is 2. The molecule has 0 saturated carbocycles. The molecular weight excluding hydrogens is 500 g/mol. The zero-order valence-corrected chi connectivity index (χ0v) is 20.6. The number of carbonyl (C=O) groups excluding carboxylic acids is 4. The summed E-state index contributed by atoms with van der Waals surface area (Å²) in [5.41, 5.74) is 0.646. The van der Waals surface area contributed by atoms with Crippen LogP contribution in [-0.2, 0) is 38.2 Å². The molecule has 4 atom stereocenters. The predicted octanol–water partition coefficient (Wildman–Crippen LogP) is 1.55. The molecule has 35 heavy (non-hydrogen) atoms. The molecule has 1 aromatic carbocycles. The van der Waals surface area contributed by atoms with Gasteiger partial charge in [0.15, 0.2) is 0 Å². The van der Waals surface area contributed by atoms with Gasteiger partial charge < -0.3 is 19.7 Å². The van der Waals surface area contributed by atoms with Gasteiger partial charge in [-0.05, 0) is 18.4 Å². The van der Waals surface area contributed by atoms with Crippen LogP contribution in [0.2, 0.25) is 0 Å². The maximum atomic E-state index is 13.2. The number of nitrogens with zero attached hydrogens (tertiary/aromatic N) is 1. The van der Waals surface area contributed by atoms with Crippen LogP contribution in [0.15, 0.2) is 46.5 Å². The number of rotatable bonds is 8. The zero-order chi connectivity index (χ0) is 25.5. The quantitative estimate of drug-likeness (QED) is 0.303. The first kappa shape index (κ1) is 24.9. The normalized spacial score (nSPS) is 24.1. The lowest BCUT2D eigenvalue weighted by molar-refractivity contribution is -0.172. The standard InChI is InChI=1S/C22H22N2O9S2/c1-11(33-35(3,29)30)17-15-10-16(34-9-8-23-12(2)25)18(24(15)19(17)26)21(28)32-22-14-7-5-4-6-13(14)20(27)31-22/h4-9,11,15,17,22H,10H2,1-3H3,(H,23,25)/b9-8+/t11-,15+,17+,22?/m0/s1. The number of cyclic esters (lactones) is 1. The molecule has 13 heteroatoms. The van der Waals surface area contributed by atoms with Crippen molar-refractivity contribution in [3.05, 3.63) is 57.6 Å². The summed E-state index contributed by atoms with van der Waals surface area (Å²) in [4.78, 5) is 51.1. The van der Waals surface area contributed by atoms with Gasteiger partial charge in [-0.15, -0.1) is 0 Å². The van der Waals surface area contributed by atoms with Crippen LogP contribution in [0.3, 0.4) is 0 Å². The number of hydrogen-bond acceptors (Lipinski definition) is 10. The van der Waals surface area contributed by atoms with Crippen molar-refractivity contribution in [2.75, 3.05) is 6.26 Å². The highest BCUT2D eigenvalue weighted by molar-refractivity contribution is 8.05. The molecule has 3 aliphatic heterocycles. The molecule has 1 aromatic rings. The third kappa shape index (κ3) is 4.97. The first-order chi connectivity index (χ1) is 16.5.